The van der Waals surface area contributed by atoms with E-state index in [1.165, 1.54) is 19.1 Å². The molecule has 0 atom stereocenters. The molecule has 0 saturated carbocycles. The Morgan fingerprint density at radius 2 is 1.95 bits per heavy atom. The molecule has 0 fully saturated rings. The van der Waals surface area contributed by atoms with Gasteiger partial charge in [0, 0.05) is 12.3 Å². The molecule has 0 aliphatic heterocycles. The van der Waals surface area contributed by atoms with E-state index in [2.05, 4.69) is 0 Å². The number of ether oxygens (including phenoxy) is 1. The quantitative estimate of drug-likeness (QED) is 0.782. The smallest absolute Gasteiger partial charge is 0.419 e. The van der Waals surface area contributed by atoms with E-state index in [4.69, 9.17) is 10.5 Å². The third-order valence-electron chi connectivity index (χ3n) is 2.88. The Bertz CT molecular complexity index is 571. The monoisotopic (exact) mass is 325 g/mol. The minimum Gasteiger partial charge on any atom is -0.493 e. The molecule has 4 nitrogen and oxygen atoms in total. The molecule has 0 aliphatic rings. The van der Waals surface area contributed by atoms with Crippen molar-refractivity contribution < 1.29 is 26.3 Å². The SMILES string of the molecule is CCS(=O)(=O)CCCOc1ccc(CN)cc1C(F)(F)F. The summed E-state index contributed by atoms with van der Waals surface area (Å²) in [4.78, 5) is 0. The van der Waals surface area contributed by atoms with Gasteiger partial charge in [0.1, 0.15) is 15.6 Å². The van der Waals surface area contributed by atoms with Gasteiger partial charge in [0.25, 0.3) is 0 Å². The molecule has 0 bridgehead atoms. The molecule has 8 heteroatoms. The second-order valence-electron chi connectivity index (χ2n) is 4.47. The molecule has 1 aromatic carbocycles. The molecule has 0 aliphatic carbocycles. The van der Waals surface area contributed by atoms with Gasteiger partial charge in [0.05, 0.1) is 17.9 Å². The molecular weight excluding hydrogens is 307 g/mol. The molecule has 21 heavy (non-hydrogen) atoms. The summed E-state index contributed by atoms with van der Waals surface area (Å²) >= 11 is 0. The van der Waals surface area contributed by atoms with Crippen LogP contribution >= 0.6 is 0 Å². The Labute approximate surface area is 122 Å². The Hall–Kier alpha value is -1.28. The first-order valence-electron chi connectivity index (χ1n) is 6.43. The fourth-order valence-electron chi connectivity index (χ4n) is 1.66. The van der Waals surface area contributed by atoms with Crippen LogP contribution in [-0.2, 0) is 22.6 Å². The third kappa shape index (κ3) is 5.55. The lowest BCUT2D eigenvalue weighted by Crippen LogP contribution is -2.14. The lowest BCUT2D eigenvalue weighted by atomic mass is 10.1. The molecule has 120 valence electrons. The van der Waals surface area contributed by atoms with Gasteiger partial charge in [-0.05, 0) is 24.1 Å². The van der Waals surface area contributed by atoms with Crippen LogP contribution in [0.25, 0.3) is 0 Å². The summed E-state index contributed by atoms with van der Waals surface area (Å²) in [5.74, 6) is -0.411. The van der Waals surface area contributed by atoms with Gasteiger partial charge >= 0.3 is 6.18 Å². The fraction of sp³-hybridized carbons (Fsp3) is 0.538. The van der Waals surface area contributed by atoms with Crippen molar-refractivity contribution in [2.45, 2.75) is 26.1 Å². The molecule has 0 spiro atoms. The number of hydrogen-bond donors (Lipinski definition) is 1. The van der Waals surface area contributed by atoms with Gasteiger partial charge in [-0.1, -0.05) is 13.0 Å². The predicted octanol–water partition coefficient (Wildman–Crippen LogP) is 2.37. The molecule has 1 rings (SSSR count). The number of halogens is 3. The molecule has 0 saturated heterocycles. The Morgan fingerprint density at radius 3 is 2.48 bits per heavy atom. The van der Waals surface area contributed by atoms with Crippen molar-refractivity contribution in [2.75, 3.05) is 18.1 Å². The zero-order valence-corrected chi connectivity index (χ0v) is 12.4. The normalized spacial score (nSPS) is 12.4. The number of sulfone groups is 1. The van der Waals surface area contributed by atoms with E-state index in [0.29, 0.717) is 5.56 Å². The lowest BCUT2D eigenvalue weighted by molar-refractivity contribution is -0.139. The second-order valence-corrected chi connectivity index (χ2v) is 6.94. The molecule has 2 N–H and O–H groups in total. The summed E-state index contributed by atoms with van der Waals surface area (Å²) in [6.07, 6.45) is -4.40. The average molecular weight is 325 g/mol. The highest BCUT2D eigenvalue weighted by atomic mass is 32.2. The van der Waals surface area contributed by atoms with Gasteiger partial charge in [-0.3, -0.25) is 0 Å². The van der Waals surface area contributed by atoms with Crippen molar-refractivity contribution in [1.82, 2.24) is 0 Å². The number of benzene rings is 1. The Morgan fingerprint density at radius 1 is 1.29 bits per heavy atom. The molecule has 0 unspecified atom stereocenters. The van der Waals surface area contributed by atoms with Gasteiger partial charge in [-0.25, -0.2) is 8.42 Å². The Kier molecular flexibility index (Phi) is 6.03. The van der Waals surface area contributed by atoms with Crippen molar-refractivity contribution >= 4 is 9.84 Å². The molecule has 1 aromatic rings. The summed E-state index contributed by atoms with van der Waals surface area (Å²) in [6.45, 7) is 1.42. The van der Waals surface area contributed by atoms with Crippen LogP contribution in [0.5, 0.6) is 5.75 Å². The van der Waals surface area contributed by atoms with Crippen LogP contribution in [0, 0.1) is 0 Å². The van der Waals surface area contributed by atoms with Crippen LogP contribution < -0.4 is 10.5 Å². The van der Waals surface area contributed by atoms with Gasteiger partial charge in [0.15, 0.2) is 0 Å². The topological polar surface area (TPSA) is 69.4 Å². The molecular formula is C13H18F3NO3S. The lowest BCUT2D eigenvalue weighted by Gasteiger charge is -2.15. The van der Waals surface area contributed by atoms with Crippen molar-refractivity contribution in [1.29, 1.82) is 0 Å². The average Bonchev–Trinajstić information content (AvgIpc) is 2.42. The molecule has 0 radical (unpaired) electrons. The van der Waals surface area contributed by atoms with Crippen LogP contribution in [0.15, 0.2) is 18.2 Å². The van der Waals surface area contributed by atoms with Crippen LogP contribution in [0.1, 0.15) is 24.5 Å². The summed E-state index contributed by atoms with van der Waals surface area (Å²) in [5.41, 5.74) is 4.77. The van der Waals surface area contributed by atoms with Gasteiger partial charge < -0.3 is 10.5 Å². The van der Waals surface area contributed by atoms with Gasteiger partial charge in [-0.15, -0.1) is 0 Å². The highest BCUT2D eigenvalue weighted by Gasteiger charge is 2.34. The maximum absolute atomic E-state index is 12.9. The molecule has 0 aromatic heterocycles. The highest BCUT2D eigenvalue weighted by Crippen LogP contribution is 2.36. The number of hydrogen-bond acceptors (Lipinski definition) is 4. The van der Waals surface area contributed by atoms with E-state index in [1.807, 2.05) is 0 Å². The minimum absolute atomic E-state index is 0.00188. The van der Waals surface area contributed by atoms with Crippen LogP contribution in [0.3, 0.4) is 0 Å². The maximum Gasteiger partial charge on any atom is 0.419 e. The summed E-state index contributed by atoms with van der Waals surface area (Å²) < 4.78 is 66.3. The van der Waals surface area contributed by atoms with Crippen molar-refractivity contribution in [2.24, 2.45) is 5.73 Å². The Balaban J connectivity index is 2.75. The van der Waals surface area contributed by atoms with Crippen molar-refractivity contribution in [3.8, 4) is 5.75 Å². The first kappa shape index (κ1) is 17.8. The summed E-state index contributed by atoms with van der Waals surface area (Å²) in [5, 5.41) is 0. The van der Waals surface area contributed by atoms with Gasteiger partial charge in [-0.2, -0.15) is 13.2 Å². The number of rotatable bonds is 7. The first-order chi connectivity index (χ1) is 9.69. The summed E-state index contributed by atoms with van der Waals surface area (Å²) in [6, 6.07) is 3.60. The van der Waals surface area contributed by atoms with E-state index in [0.717, 1.165) is 6.07 Å². The fourth-order valence-corrected chi connectivity index (χ4v) is 2.50. The first-order valence-corrected chi connectivity index (χ1v) is 8.25. The number of nitrogens with two attached hydrogens (primary N) is 1. The van der Waals surface area contributed by atoms with E-state index >= 15 is 0 Å². The highest BCUT2D eigenvalue weighted by molar-refractivity contribution is 7.91. The van der Waals surface area contributed by atoms with E-state index in [9.17, 15) is 21.6 Å². The van der Waals surface area contributed by atoms with E-state index in [-0.39, 0.29) is 36.8 Å². The number of alkyl halides is 3. The van der Waals surface area contributed by atoms with E-state index in [1.54, 1.807) is 0 Å². The summed E-state index contributed by atoms with van der Waals surface area (Å²) in [7, 11) is -3.14. The molecule has 0 amide bonds. The largest absolute Gasteiger partial charge is 0.493 e. The zero-order valence-electron chi connectivity index (χ0n) is 11.6. The standard InChI is InChI=1S/C13H18F3NO3S/c1-2-21(18,19)7-3-6-20-12-5-4-10(9-17)8-11(12)13(14,15)16/h4-5,8H,2-3,6-7,9,17H2,1H3. The van der Waals surface area contributed by atoms with Gasteiger partial charge in [0.2, 0.25) is 0 Å². The minimum atomic E-state index is -4.55. The van der Waals surface area contributed by atoms with Crippen LogP contribution in [0.4, 0.5) is 13.2 Å². The third-order valence-corrected chi connectivity index (χ3v) is 4.67. The maximum atomic E-state index is 12.9. The van der Waals surface area contributed by atoms with Crippen LogP contribution in [0.2, 0.25) is 0 Å². The zero-order chi connectivity index (χ0) is 16.1. The van der Waals surface area contributed by atoms with Crippen LogP contribution in [-0.4, -0.2) is 26.5 Å². The van der Waals surface area contributed by atoms with Crippen molar-refractivity contribution in [3.05, 3.63) is 29.3 Å². The molecule has 0 heterocycles. The predicted molar refractivity (Wildman–Crippen MR) is 73.8 cm³/mol. The van der Waals surface area contributed by atoms with Crippen molar-refractivity contribution in [3.63, 3.8) is 0 Å². The second kappa shape index (κ2) is 7.13. The van der Waals surface area contributed by atoms with E-state index < -0.39 is 21.6 Å².